The van der Waals surface area contributed by atoms with E-state index in [-0.39, 0.29) is 0 Å². The number of carbonyl (C=O) groups is 1. The molecule has 0 aromatic heterocycles. The topological polar surface area (TPSA) is 78.8 Å². The molecule has 0 saturated carbocycles. The number of methoxy groups -OCH3 is 2. The molecule has 1 aromatic rings. The Morgan fingerprint density at radius 2 is 0.860 bits per heavy atom. The molecule has 0 amide bonds. The van der Waals surface area contributed by atoms with Crippen LogP contribution in [0.25, 0.3) is 0 Å². The van der Waals surface area contributed by atoms with Gasteiger partial charge in [0.05, 0.1) is 5.97 Å². The van der Waals surface area contributed by atoms with E-state index in [1.165, 1.54) is 0 Å². The van der Waals surface area contributed by atoms with Gasteiger partial charge in [-0.15, -0.1) is 0 Å². The lowest BCUT2D eigenvalue weighted by Crippen LogP contribution is -2.57. The van der Waals surface area contributed by atoms with E-state index in [9.17, 15) is 79.0 Å². The van der Waals surface area contributed by atoms with Crippen LogP contribution in [-0.4, -0.2) is 61.4 Å². The van der Waals surface area contributed by atoms with Crippen LogP contribution in [0, 0.1) is 0 Å². The van der Waals surface area contributed by atoms with Crippen molar-refractivity contribution in [2.24, 2.45) is 0 Å². The molecule has 1 N–H and O–H groups in total. The largest absolute Gasteiger partial charge is 0.545 e. The minimum Gasteiger partial charge on any atom is -0.545 e. The van der Waals surface area contributed by atoms with Crippen LogP contribution >= 0.6 is 0 Å². The van der Waals surface area contributed by atoms with Crippen molar-refractivity contribution < 1.29 is 104 Å². The van der Waals surface area contributed by atoms with Crippen LogP contribution in [-0.2, 0) is 32.0 Å². The standard InChI is InChI=1S/C17H10F18O3.C3H4O2/c1-37-13(25,16(30,31)32)10(20,21)7-3-6(9(18,19)12(24,36)15(27,28)29)4-8(5-7)11(22,23)14(26,38-2)17(33,34)35;1-2-3(4)5/h3-5,36H,1-2H3;2H,1H2,(H,4,5)/p-1. The molecule has 0 spiro atoms. The van der Waals surface area contributed by atoms with Gasteiger partial charge in [0.2, 0.25) is 0 Å². The van der Waals surface area contributed by atoms with Gasteiger partial charge in [0.1, 0.15) is 0 Å². The number of carboxylic acids is 1. The van der Waals surface area contributed by atoms with Crippen LogP contribution in [0.15, 0.2) is 30.9 Å². The van der Waals surface area contributed by atoms with Gasteiger partial charge in [-0.05, 0) is 24.3 Å². The molecule has 0 radical (unpaired) electrons. The maximum Gasteiger partial charge on any atom is 0.455 e. The SMILES string of the molecule is C=CC(=O)[O-].COC(F)(C(F)(F)F)C(F)(F)c1cc(C(F)(F)C(O)(F)C(F)(F)F)cc(C(F)(F)C(F)(OC)C(F)(F)F)c1. The lowest BCUT2D eigenvalue weighted by atomic mass is 9.88. The van der Waals surface area contributed by atoms with Crippen molar-refractivity contribution in [1.82, 2.24) is 0 Å². The zero-order valence-electron chi connectivity index (χ0n) is 20.4. The second-order valence-corrected chi connectivity index (χ2v) is 7.76. The lowest BCUT2D eigenvalue weighted by molar-refractivity contribution is -0.400. The lowest BCUT2D eigenvalue weighted by Gasteiger charge is -2.37. The molecule has 43 heavy (non-hydrogen) atoms. The van der Waals surface area contributed by atoms with Crippen molar-refractivity contribution in [2.75, 3.05) is 14.2 Å². The maximum atomic E-state index is 14.5. The monoisotopic (exact) mass is 675 g/mol. The highest BCUT2D eigenvalue weighted by Crippen LogP contribution is 2.57. The van der Waals surface area contributed by atoms with Gasteiger partial charge in [-0.25, -0.2) is 0 Å². The number of aliphatic carboxylic acids is 1. The number of aliphatic hydroxyl groups is 1. The first-order valence-electron chi connectivity index (χ1n) is 9.94. The summed E-state index contributed by atoms with van der Waals surface area (Å²) in [5.41, 5.74) is -9.82. The number of hydrogen-bond acceptors (Lipinski definition) is 5. The van der Waals surface area contributed by atoms with Gasteiger partial charge >= 0.3 is 53.9 Å². The zero-order valence-corrected chi connectivity index (χ0v) is 20.4. The smallest absolute Gasteiger partial charge is 0.455 e. The van der Waals surface area contributed by atoms with Gasteiger partial charge in [0.25, 0.3) is 0 Å². The molecule has 0 heterocycles. The molecule has 3 atom stereocenters. The molecular formula is C20H13F18O5-. The number of alkyl halides is 18. The number of halogens is 18. The zero-order chi connectivity index (χ0) is 35.1. The molecule has 250 valence electrons. The van der Waals surface area contributed by atoms with Gasteiger partial charge < -0.3 is 24.5 Å². The van der Waals surface area contributed by atoms with Crippen molar-refractivity contribution in [1.29, 1.82) is 0 Å². The van der Waals surface area contributed by atoms with E-state index in [4.69, 9.17) is 15.0 Å². The number of benzene rings is 1. The Morgan fingerprint density at radius 1 is 0.628 bits per heavy atom. The summed E-state index contributed by atoms with van der Waals surface area (Å²) in [7, 11) is -0.916. The molecule has 1 aromatic carbocycles. The van der Waals surface area contributed by atoms with E-state index in [0.717, 1.165) is 6.08 Å². The first-order chi connectivity index (χ1) is 18.7. The van der Waals surface area contributed by atoms with Gasteiger partial charge in [-0.3, -0.25) is 0 Å². The molecule has 0 aliphatic carbocycles. The van der Waals surface area contributed by atoms with Crippen molar-refractivity contribution in [3.63, 3.8) is 0 Å². The van der Waals surface area contributed by atoms with E-state index in [2.05, 4.69) is 16.1 Å². The molecule has 0 saturated heterocycles. The quantitative estimate of drug-likeness (QED) is 0.263. The fraction of sp³-hybridized carbons (Fsp3) is 0.550. The third kappa shape index (κ3) is 6.76. The minimum absolute atomic E-state index is 0.458. The Hall–Kier alpha value is -2.95. The highest BCUT2D eigenvalue weighted by atomic mass is 19.4. The average molecular weight is 675 g/mol. The summed E-state index contributed by atoms with van der Waals surface area (Å²) in [6, 6.07) is -4.13. The van der Waals surface area contributed by atoms with E-state index < -0.39 is 109 Å². The summed E-state index contributed by atoms with van der Waals surface area (Å²) < 4.78 is 250. The Kier molecular flexibility index (Phi) is 11.0. The van der Waals surface area contributed by atoms with Crippen molar-refractivity contribution >= 4 is 5.97 Å². The summed E-state index contributed by atoms with van der Waals surface area (Å²) in [5, 5.41) is 17.8. The van der Waals surface area contributed by atoms with E-state index in [1.54, 1.807) is 0 Å². The van der Waals surface area contributed by atoms with Crippen LogP contribution < -0.4 is 5.11 Å². The van der Waals surface area contributed by atoms with E-state index in [0.29, 0.717) is 0 Å². The Bertz CT molecular complexity index is 1100. The van der Waals surface area contributed by atoms with Crippen LogP contribution in [0.5, 0.6) is 0 Å². The number of hydrogen-bond donors (Lipinski definition) is 1. The average Bonchev–Trinajstić information content (AvgIpc) is 2.85. The van der Waals surface area contributed by atoms with Gasteiger partial charge in [-0.2, -0.15) is 79.0 Å². The Labute approximate surface area is 226 Å². The maximum absolute atomic E-state index is 14.5. The van der Waals surface area contributed by atoms with Crippen LogP contribution in [0.2, 0.25) is 0 Å². The Morgan fingerprint density at radius 3 is 1.02 bits per heavy atom. The third-order valence-corrected chi connectivity index (χ3v) is 5.08. The number of rotatable bonds is 9. The van der Waals surface area contributed by atoms with Crippen molar-refractivity contribution in [3.8, 4) is 0 Å². The second kappa shape index (κ2) is 11.9. The Balaban J connectivity index is 0.00000324. The van der Waals surface area contributed by atoms with Crippen LogP contribution in [0.4, 0.5) is 79.0 Å². The van der Waals surface area contributed by atoms with Crippen molar-refractivity contribution in [2.45, 2.75) is 53.9 Å². The molecule has 1 rings (SSSR count). The molecule has 23 heteroatoms. The predicted octanol–water partition coefficient (Wildman–Crippen LogP) is 5.85. The first kappa shape index (κ1) is 40.1. The second-order valence-electron chi connectivity index (χ2n) is 7.76. The number of carboxylic acid groups (broad SMARTS) is 1. The molecule has 5 nitrogen and oxygen atoms in total. The van der Waals surface area contributed by atoms with Gasteiger partial charge in [-0.1, -0.05) is 6.58 Å². The van der Waals surface area contributed by atoms with Gasteiger partial charge in [0, 0.05) is 30.9 Å². The molecule has 3 unspecified atom stereocenters. The minimum atomic E-state index is -7.12. The van der Waals surface area contributed by atoms with Crippen LogP contribution in [0.1, 0.15) is 16.7 Å². The van der Waals surface area contributed by atoms with Gasteiger partial charge in [0.15, 0.2) is 0 Å². The molecule has 0 aliphatic rings. The summed E-state index contributed by atoms with van der Waals surface area (Å²) in [6.07, 6.45) is -20.2. The third-order valence-electron chi connectivity index (χ3n) is 5.08. The summed E-state index contributed by atoms with van der Waals surface area (Å²) in [6.45, 7) is 2.90. The molecular weight excluding hydrogens is 662 g/mol. The molecule has 0 bridgehead atoms. The van der Waals surface area contributed by atoms with Crippen LogP contribution in [0.3, 0.4) is 0 Å². The normalized spacial score (nSPS) is 18.0. The number of ether oxygens (including phenoxy) is 2. The van der Waals surface area contributed by atoms with Crippen molar-refractivity contribution in [3.05, 3.63) is 47.5 Å². The summed E-state index contributed by atoms with van der Waals surface area (Å²) >= 11 is 0. The highest BCUT2D eigenvalue weighted by molar-refractivity contribution is 5.76. The molecule has 0 aliphatic heterocycles. The predicted molar refractivity (Wildman–Crippen MR) is 99.2 cm³/mol. The van der Waals surface area contributed by atoms with E-state index >= 15 is 0 Å². The number of carbonyl (C=O) groups excluding carboxylic acids is 1. The fourth-order valence-electron chi connectivity index (χ4n) is 2.76. The summed E-state index contributed by atoms with van der Waals surface area (Å²) in [5.74, 6) is -41.0. The molecule has 0 fully saturated rings. The summed E-state index contributed by atoms with van der Waals surface area (Å²) in [4.78, 5) is 9.14. The fourth-order valence-corrected chi connectivity index (χ4v) is 2.76. The van der Waals surface area contributed by atoms with E-state index in [1.807, 2.05) is 0 Å². The highest BCUT2D eigenvalue weighted by Gasteiger charge is 2.76. The first-order valence-corrected chi connectivity index (χ1v) is 9.94.